The average Bonchev–Trinajstić information content (AvgIpc) is 2.79. The van der Waals surface area contributed by atoms with Crippen LogP contribution in [0.4, 0.5) is 0 Å². The molecule has 0 aromatic heterocycles. The van der Waals surface area contributed by atoms with Crippen LogP contribution in [0.1, 0.15) is 72.1 Å². The lowest BCUT2D eigenvalue weighted by Crippen LogP contribution is -2.66. The zero-order chi connectivity index (χ0) is 14.2. The minimum absolute atomic E-state index is 0.486. The molecule has 1 spiro atoms. The first-order valence-electron chi connectivity index (χ1n) is 9.05. The van der Waals surface area contributed by atoms with Crippen molar-refractivity contribution in [3.05, 3.63) is 0 Å². The fourth-order valence-corrected chi connectivity index (χ4v) is 5.16. The SMILES string of the molecule is CCOC1CC(NC2CCC(C)C2C)C12CCCCC2. The van der Waals surface area contributed by atoms with E-state index in [-0.39, 0.29) is 0 Å². The van der Waals surface area contributed by atoms with E-state index in [1.807, 2.05) is 0 Å². The molecule has 0 amide bonds. The molecule has 2 heteroatoms. The first-order chi connectivity index (χ1) is 9.67. The summed E-state index contributed by atoms with van der Waals surface area (Å²) >= 11 is 0. The Bertz CT molecular complexity index is 323. The largest absolute Gasteiger partial charge is 0.378 e. The molecule has 3 aliphatic carbocycles. The second-order valence-electron chi connectivity index (χ2n) is 7.71. The molecule has 0 aromatic carbocycles. The molecule has 3 saturated carbocycles. The predicted octanol–water partition coefficient (Wildman–Crippen LogP) is 4.14. The minimum Gasteiger partial charge on any atom is -0.378 e. The van der Waals surface area contributed by atoms with Crippen molar-refractivity contribution in [3.8, 4) is 0 Å². The molecule has 3 aliphatic rings. The predicted molar refractivity (Wildman–Crippen MR) is 83.8 cm³/mol. The van der Waals surface area contributed by atoms with Crippen LogP contribution in [0.15, 0.2) is 0 Å². The van der Waals surface area contributed by atoms with E-state index < -0.39 is 0 Å². The Labute approximate surface area is 125 Å². The van der Waals surface area contributed by atoms with Crippen molar-refractivity contribution < 1.29 is 4.74 Å². The molecule has 3 rings (SSSR count). The highest BCUT2D eigenvalue weighted by molar-refractivity contribution is 5.10. The van der Waals surface area contributed by atoms with Crippen molar-refractivity contribution in [2.75, 3.05) is 6.61 Å². The second kappa shape index (κ2) is 5.96. The highest BCUT2D eigenvalue weighted by atomic mass is 16.5. The van der Waals surface area contributed by atoms with E-state index in [9.17, 15) is 0 Å². The lowest BCUT2D eigenvalue weighted by Gasteiger charge is -2.58. The van der Waals surface area contributed by atoms with Gasteiger partial charge in [0.25, 0.3) is 0 Å². The molecule has 2 nitrogen and oxygen atoms in total. The van der Waals surface area contributed by atoms with Crippen LogP contribution >= 0.6 is 0 Å². The number of hydrogen-bond donors (Lipinski definition) is 1. The summed E-state index contributed by atoms with van der Waals surface area (Å²) in [6, 6.07) is 1.49. The Hall–Kier alpha value is -0.0800. The summed E-state index contributed by atoms with van der Waals surface area (Å²) in [6.45, 7) is 7.90. The van der Waals surface area contributed by atoms with E-state index in [4.69, 9.17) is 4.74 Å². The molecule has 0 aliphatic heterocycles. The van der Waals surface area contributed by atoms with Gasteiger partial charge in [-0.25, -0.2) is 0 Å². The Kier molecular flexibility index (Phi) is 4.42. The standard InChI is InChI=1S/C18H33NO/c1-4-20-17-12-16(18(17)10-6-5-7-11-18)19-15-9-8-13(2)14(15)3/h13-17,19H,4-12H2,1-3H3. The third-order valence-electron chi connectivity index (χ3n) is 6.82. The van der Waals surface area contributed by atoms with Crippen molar-refractivity contribution in [1.29, 1.82) is 0 Å². The highest BCUT2D eigenvalue weighted by Crippen LogP contribution is 2.54. The molecule has 3 fully saturated rings. The van der Waals surface area contributed by atoms with Gasteiger partial charge in [0.2, 0.25) is 0 Å². The lowest BCUT2D eigenvalue weighted by atomic mass is 9.55. The smallest absolute Gasteiger partial charge is 0.0661 e. The van der Waals surface area contributed by atoms with Crippen LogP contribution in [0.3, 0.4) is 0 Å². The summed E-state index contributed by atoms with van der Waals surface area (Å²) in [5, 5.41) is 4.06. The third kappa shape index (κ3) is 2.43. The number of rotatable bonds is 4. The molecule has 0 heterocycles. The van der Waals surface area contributed by atoms with Crippen molar-refractivity contribution in [1.82, 2.24) is 5.32 Å². The Morgan fingerprint density at radius 1 is 1.10 bits per heavy atom. The van der Waals surface area contributed by atoms with Gasteiger partial charge in [-0.3, -0.25) is 0 Å². The summed E-state index contributed by atoms with van der Waals surface area (Å²) in [4.78, 5) is 0. The van der Waals surface area contributed by atoms with Crippen molar-refractivity contribution >= 4 is 0 Å². The number of ether oxygens (including phenoxy) is 1. The quantitative estimate of drug-likeness (QED) is 0.835. The summed E-state index contributed by atoms with van der Waals surface area (Å²) in [5.41, 5.74) is 0.486. The molecule has 5 atom stereocenters. The van der Waals surface area contributed by atoms with Crippen LogP contribution in [0.2, 0.25) is 0 Å². The van der Waals surface area contributed by atoms with Crippen LogP contribution in [-0.2, 0) is 4.74 Å². The molecule has 0 bridgehead atoms. The molecular formula is C18H33NO. The van der Waals surface area contributed by atoms with Gasteiger partial charge in [-0.2, -0.15) is 0 Å². The monoisotopic (exact) mass is 279 g/mol. The molecule has 0 radical (unpaired) electrons. The average molecular weight is 279 g/mol. The van der Waals surface area contributed by atoms with E-state index in [1.165, 1.54) is 51.4 Å². The van der Waals surface area contributed by atoms with E-state index in [0.29, 0.717) is 11.5 Å². The molecule has 116 valence electrons. The van der Waals surface area contributed by atoms with Crippen LogP contribution in [0.5, 0.6) is 0 Å². The summed E-state index contributed by atoms with van der Waals surface area (Å²) in [6.07, 6.45) is 11.6. The Morgan fingerprint density at radius 3 is 2.45 bits per heavy atom. The fourth-order valence-electron chi connectivity index (χ4n) is 5.16. The molecule has 0 aromatic rings. The van der Waals surface area contributed by atoms with Crippen LogP contribution in [0.25, 0.3) is 0 Å². The van der Waals surface area contributed by atoms with Gasteiger partial charge in [0, 0.05) is 24.1 Å². The summed E-state index contributed by atoms with van der Waals surface area (Å²) in [5.74, 6) is 1.75. The fraction of sp³-hybridized carbons (Fsp3) is 1.00. The normalized spacial score (nSPS) is 43.6. The third-order valence-corrected chi connectivity index (χ3v) is 6.82. The molecule has 20 heavy (non-hydrogen) atoms. The zero-order valence-electron chi connectivity index (χ0n) is 13.7. The summed E-state index contributed by atoms with van der Waals surface area (Å²) in [7, 11) is 0. The van der Waals surface area contributed by atoms with Crippen LogP contribution < -0.4 is 5.32 Å². The van der Waals surface area contributed by atoms with Crippen LogP contribution in [-0.4, -0.2) is 24.8 Å². The Balaban J connectivity index is 1.64. The number of hydrogen-bond acceptors (Lipinski definition) is 2. The minimum atomic E-state index is 0.486. The second-order valence-corrected chi connectivity index (χ2v) is 7.71. The van der Waals surface area contributed by atoms with Crippen molar-refractivity contribution in [2.24, 2.45) is 17.3 Å². The highest BCUT2D eigenvalue weighted by Gasteiger charge is 2.56. The van der Waals surface area contributed by atoms with Crippen LogP contribution in [0, 0.1) is 17.3 Å². The molecular weight excluding hydrogens is 246 g/mol. The van der Waals surface area contributed by atoms with E-state index in [2.05, 4.69) is 26.1 Å². The Morgan fingerprint density at radius 2 is 1.85 bits per heavy atom. The number of nitrogens with one attached hydrogen (secondary N) is 1. The molecule has 5 unspecified atom stereocenters. The van der Waals surface area contributed by atoms with Crippen molar-refractivity contribution in [2.45, 2.75) is 90.3 Å². The first kappa shape index (κ1) is 14.8. The van der Waals surface area contributed by atoms with Gasteiger partial charge in [0.15, 0.2) is 0 Å². The summed E-state index contributed by atoms with van der Waals surface area (Å²) < 4.78 is 6.07. The zero-order valence-corrected chi connectivity index (χ0v) is 13.7. The molecule has 1 N–H and O–H groups in total. The van der Waals surface area contributed by atoms with Gasteiger partial charge in [0.05, 0.1) is 6.10 Å². The van der Waals surface area contributed by atoms with Gasteiger partial charge in [-0.1, -0.05) is 33.1 Å². The lowest BCUT2D eigenvalue weighted by molar-refractivity contribution is -0.152. The first-order valence-corrected chi connectivity index (χ1v) is 9.05. The van der Waals surface area contributed by atoms with Gasteiger partial charge in [0.1, 0.15) is 0 Å². The van der Waals surface area contributed by atoms with Gasteiger partial charge in [-0.05, 0) is 50.9 Å². The maximum Gasteiger partial charge on any atom is 0.0661 e. The maximum atomic E-state index is 6.07. The van der Waals surface area contributed by atoms with Gasteiger partial charge in [-0.15, -0.1) is 0 Å². The van der Waals surface area contributed by atoms with E-state index in [0.717, 1.165) is 30.5 Å². The van der Waals surface area contributed by atoms with E-state index >= 15 is 0 Å². The molecule has 0 saturated heterocycles. The van der Waals surface area contributed by atoms with Gasteiger partial charge >= 0.3 is 0 Å². The van der Waals surface area contributed by atoms with Crippen molar-refractivity contribution in [3.63, 3.8) is 0 Å². The maximum absolute atomic E-state index is 6.07. The van der Waals surface area contributed by atoms with E-state index in [1.54, 1.807) is 0 Å². The topological polar surface area (TPSA) is 21.3 Å². The van der Waals surface area contributed by atoms with Gasteiger partial charge < -0.3 is 10.1 Å².